The molecule has 1 rings (SSSR count). The minimum atomic E-state index is 0.00459. The zero-order valence-electron chi connectivity index (χ0n) is 10.5. The lowest BCUT2D eigenvalue weighted by atomic mass is 10.1. The standard InChI is InChI=1S/C13H19BrClNO/c1-13(2,10-15)16(3)8-9-17-12-6-4-11(14)5-7-12/h4-7H,8-10H2,1-3H3. The zero-order valence-corrected chi connectivity index (χ0v) is 12.9. The number of rotatable bonds is 6. The van der Waals surface area contributed by atoms with Gasteiger partial charge in [-0.1, -0.05) is 15.9 Å². The van der Waals surface area contributed by atoms with Crippen LogP contribution in [0.1, 0.15) is 13.8 Å². The van der Waals surface area contributed by atoms with Crippen LogP contribution in [0, 0.1) is 0 Å². The van der Waals surface area contributed by atoms with Crippen LogP contribution < -0.4 is 4.74 Å². The third-order valence-corrected chi connectivity index (χ3v) is 4.05. The number of halogens is 2. The molecular formula is C13H19BrClNO. The highest BCUT2D eigenvalue weighted by molar-refractivity contribution is 9.10. The Hall–Kier alpha value is -0.250. The van der Waals surface area contributed by atoms with E-state index in [0.717, 1.165) is 16.8 Å². The second kappa shape index (κ2) is 6.62. The molecule has 0 aliphatic heterocycles. The van der Waals surface area contributed by atoms with Gasteiger partial charge in [0.05, 0.1) is 0 Å². The topological polar surface area (TPSA) is 12.5 Å². The van der Waals surface area contributed by atoms with Gasteiger partial charge in [0.2, 0.25) is 0 Å². The molecule has 1 aromatic carbocycles. The predicted molar refractivity (Wildman–Crippen MR) is 77.1 cm³/mol. The molecule has 0 spiro atoms. The van der Waals surface area contributed by atoms with Gasteiger partial charge in [0.15, 0.2) is 0 Å². The highest BCUT2D eigenvalue weighted by Crippen LogP contribution is 2.17. The zero-order chi connectivity index (χ0) is 12.9. The summed E-state index contributed by atoms with van der Waals surface area (Å²) in [6.07, 6.45) is 0. The van der Waals surface area contributed by atoms with Gasteiger partial charge < -0.3 is 4.74 Å². The first-order valence-electron chi connectivity index (χ1n) is 5.61. The maximum Gasteiger partial charge on any atom is 0.119 e. The van der Waals surface area contributed by atoms with E-state index >= 15 is 0 Å². The average Bonchev–Trinajstić information content (AvgIpc) is 2.31. The number of hydrogen-bond acceptors (Lipinski definition) is 2. The Kier molecular flexibility index (Phi) is 5.77. The summed E-state index contributed by atoms with van der Waals surface area (Å²) < 4.78 is 6.73. The second-order valence-electron chi connectivity index (χ2n) is 4.67. The number of ether oxygens (including phenoxy) is 1. The number of hydrogen-bond donors (Lipinski definition) is 0. The van der Waals surface area contributed by atoms with Crippen LogP contribution in [0.3, 0.4) is 0 Å². The van der Waals surface area contributed by atoms with E-state index in [1.165, 1.54) is 0 Å². The quantitative estimate of drug-likeness (QED) is 0.740. The first-order valence-corrected chi connectivity index (χ1v) is 6.94. The molecule has 0 amide bonds. The van der Waals surface area contributed by atoms with E-state index in [-0.39, 0.29) is 5.54 Å². The van der Waals surface area contributed by atoms with Gasteiger partial charge in [-0.2, -0.15) is 0 Å². The van der Waals surface area contributed by atoms with Gasteiger partial charge in [0.1, 0.15) is 12.4 Å². The molecule has 0 aliphatic rings. The van der Waals surface area contributed by atoms with E-state index in [0.29, 0.717) is 12.5 Å². The summed E-state index contributed by atoms with van der Waals surface area (Å²) in [6.45, 7) is 5.77. The molecule has 0 fully saturated rings. The molecule has 0 N–H and O–H groups in total. The van der Waals surface area contributed by atoms with E-state index < -0.39 is 0 Å². The van der Waals surface area contributed by atoms with Crippen LogP contribution in [-0.2, 0) is 0 Å². The van der Waals surface area contributed by atoms with Crippen LogP contribution in [-0.4, -0.2) is 36.5 Å². The fraction of sp³-hybridized carbons (Fsp3) is 0.538. The minimum Gasteiger partial charge on any atom is -0.492 e. The number of alkyl halides is 1. The molecule has 0 aliphatic carbocycles. The molecule has 1 aromatic rings. The van der Waals surface area contributed by atoms with Gasteiger partial charge in [0, 0.05) is 22.4 Å². The van der Waals surface area contributed by atoms with E-state index in [2.05, 4.69) is 41.7 Å². The average molecular weight is 321 g/mol. The summed E-state index contributed by atoms with van der Waals surface area (Å²) in [5.41, 5.74) is 0.00459. The van der Waals surface area contributed by atoms with Crippen LogP contribution in [0.5, 0.6) is 5.75 Å². The molecule has 0 atom stereocenters. The Morgan fingerprint density at radius 1 is 1.29 bits per heavy atom. The predicted octanol–water partition coefficient (Wildman–Crippen LogP) is 3.78. The van der Waals surface area contributed by atoms with Gasteiger partial charge >= 0.3 is 0 Å². The Bertz CT molecular complexity index is 340. The molecule has 0 radical (unpaired) electrons. The lowest BCUT2D eigenvalue weighted by molar-refractivity contribution is 0.147. The molecule has 0 saturated heterocycles. The van der Waals surface area contributed by atoms with Crippen molar-refractivity contribution in [2.24, 2.45) is 0 Å². The Labute approximate surface area is 117 Å². The van der Waals surface area contributed by atoms with Crippen molar-refractivity contribution in [2.75, 3.05) is 26.1 Å². The second-order valence-corrected chi connectivity index (χ2v) is 5.85. The van der Waals surface area contributed by atoms with Gasteiger partial charge in [-0.25, -0.2) is 0 Å². The van der Waals surface area contributed by atoms with Crippen molar-refractivity contribution in [2.45, 2.75) is 19.4 Å². The Morgan fingerprint density at radius 2 is 1.88 bits per heavy atom. The summed E-state index contributed by atoms with van der Waals surface area (Å²) in [7, 11) is 2.06. The largest absolute Gasteiger partial charge is 0.492 e. The fourth-order valence-corrected chi connectivity index (χ4v) is 1.70. The SMILES string of the molecule is CN(CCOc1ccc(Br)cc1)C(C)(C)CCl. The lowest BCUT2D eigenvalue weighted by Gasteiger charge is -2.33. The fourth-order valence-electron chi connectivity index (χ4n) is 1.24. The highest BCUT2D eigenvalue weighted by atomic mass is 79.9. The van der Waals surface area contributed by atoms with Crippen molar-refractivity contribution < 1.29 is 4.74 Å². The molecular weight excluding hydrogens is 302 g/mol. The Morgan fingerprint density at radius 3 is 2.41 bits per heavy atom. The molecule has 0 saturated carbocycles. The first-order chi connectivity index (χ1) is 7.95. The monoisotopic (exact) mass is 319 g/mol. The van der Waals surface area contributed by atoms with Crippen molar-refractivity contribution in [1.29, 1.82) is 0 Å². The van der Waals surface area contributed by atoms with Crippen molar-refractivity contribution in [3.8, 4) is 5.75 Å². The maximum absolute atomic E-state index is 5.91. The van der Waals surface area contributed by atoms with Crippen molar-refractivity contribution in [3.63, 3.8) is 0 Å². The summed E-state index contributed by atoms with van der Waals surface area (Å²) in [5, 5.41) is 0. The van der Waals surface area contributed by atoms with Gasteiger partial charge in [-0.15, -0.1) is 11.6 Å². The normalized spacial score (nSPS) is 11.9. The molecule has 0 bridgehead atoms. The number of benzene rings is 1. The molecule has 0 unspecified atom stereocenters. The van der Waals surface area contributed by atoms with Crippen LogP contribution in [0.25, 0.3) is 0 Å². The van der Waals surface area contributed by atoms with E-state index in [9.17, 15) is 0 Å². The molecule has 2 nitrogen and oxygen atoms in total. The molecule has 0 aromatic heterocycles. The molecule has 96 valence electrons. The summed E-state index contributed by atoms with van der Waals surface area (Å²) >= 11 is 9.31. The van der Waals surface area contributed by atoms with Gasteiger partial charge in [-0.3, -0.25) is 4.90 Å². The van der Waals surface area contributed by atoms with E-state index in [1.54, 1.807) is 0 Å². The minimum absolute atomic E-state index is 0.00459. The van der Waals surface area contributed by atoms with Gasteiger partial charge in [0.25, 0.3) is 0 Å². The summed E-state index contributed by atoms with van der Waals surface area (Å²) in [6, 6.07) is 7.86. The van der Waals surface area contributed by atoms with Crippen LogP contribution in [0.15, 0.2) is 28.7 Å². The smallest absolute Gasteiger partial charge is 0.119 e. The van der Waals surface area contributed by atoms with E-state index in [1.807, 2.05) is 24.3 Å². The lowest BCUT2D eigenvalue weighted by Crippen LogP contribution is -2.44. The summed E-state index contributed by atoms with van der Waals surface area (Å²) in [4.78, 5) is 2.21. The van der Waals surface area contributed by atoms with Crippen molar-refractivity contribution >= 4 is 27.5 Å². The van der Waals surface area contributed by atoms with Crippen LogP contribution in [0.4, 0.5) is 0 Å². The maximum atomic E-state index is 5.91. The van der Waals surface area contributed by atoms with Crippen molar-refractivity contribution in [1.82, 2.24) is 4.90 Å². The third-order valence-electron chi connectivity index (χ3n) is 2.87. The first kappa shape index (κ1) is 14.8. The van der Waals surface area contributed by atoms with Gasteiger partial charge in [-0.05, 0) is 45.2 Å². The van der Waals surface area contributed by atoms with Crippen molar-refractivity contribution in [3.05, 3.63) is 28.7 Å². The highest BCUT2D eigenvalue weighted by Gasteiger charge is 2.21. The molecule has 0 heterocycles. The van der Waals surface area contributed by atoms with E-state index in [4.69, 9.17) is 16.3 Å². The summed E-state index contributed by atoms with van der Waals surface area (Å²) in [5.74, 6) is 1.51. The molecule has 4 heteroatoms. The van der Waals surface area contributed by atoms with Crippen LogP contribution in [0.2, 0.25) is 0 Å². The number of likely N-dealkylation sites (N-methyl/N-ethyl adjacent to an activating group) is 1. The third kappa shape index (κ3) is 4.86. The van der Waals surface area contributed by atoms with Crippen LogP contribution >= 0.6 is 27.5 Å². The number of nitrogens with zero attached hydrogens (tertiary/aromatic N) is 1. The molecule has 17 heavy (non-hydrogen) atoms. The Balaban J connectivity index is 2.35.